The van der Waals surface area contributed by atoms with Crippen LogP contribution in [0.1, 0.15) is 42.7 Å². The van der Waals surface area contributed by atoms with Crippen LogP contribution in [0.15, 0.2) is 42.7 Å². The number of hydrogen-bond acceptors (Lipinski definition) is 7. The number of aliphatic hydroxyl groups excluding tert-OH is 1. The van der Waals surface area contributed by atoms with Crippen molar-refractivity contribution in [2.75, 3.05) is 25.1 Å². The number of fused-ring (bicyclic) bond motifs is 3. The van der Waals surface area contributed by atoms with Crippen LogP contribution >= 0.6 is 0 Å². The molecule has 186 valence electrons. The number of ether oxygens (including phenoxy) is 3. The Labute approximate surface area is 204 Å². The summed E-state index contributed by atoms with van der Waals surface area (Å²) in [6, 6.07) is 9.39. The summed E-state index contributed by atoms with van der Waals surface area (Å²) in [6.45, 7) is 1.42. The molecule has 35 heavy (non-hydrogen) atoms. The predicted octanol–water partition coefficient (Wildman–Crippen LogP) is 2.15. The van der Waals surface area contributed by atoms with Gasteiger partial charge in [0, 0.05) is 55.2 Å². The highest BCUT2D eigenvalue weighted by molar-refractivity contribution is 5.92. The van der Waals surface area contributed by atoms with Crippen molar-refractivity contribution in [3.05, 3.63) is 53.9 Å². The van der Waals surface area contributed by atoms with E-state index in [2.05, 4.69) is 15.6 Å². The molecular formula is C26H31N3O6. The van der Waals surface area contributed by atoms with E-state index in [1.807, 2.05) is 30.3 Å². The number of aliphatic hydroxyl groups is 1. The van der Waals surface area contributed by atoms with Gasteiger partial charge in [0.05, 0.1) is 19.1 Å². The summed E-state index contributed by atoms with van der Waals surface area (Å²) >= 11 is 0. The van der Waals surface area contributed by atoms with Crippen molar-refractivity contribution in [2.24, 2.45) is 5.92 Å². The lowest BCUT2D eigenvalue weighted by Crippen LogP contribution is -2.47. The van der Waals surface area contributed by atoms with Gasteiger partial charge in [-0.05, 0) is 49.1 Å². The lowest BCUT2D eigenvalue weighted by atomic mass is 9.84. The van der Waals surface area contributed by atoms with Crippen molar-refractivity contribution in [1.82, 2.24) is 10.3 Å². The number of benzene rings is 1. The maximum Gasteiger partial charge on any atom is 0.227 e. The zero-order valence-corrected chi connectivity index (χ0v) is 19.5. The number of nitrogens with one attached hydrogen (secondary N) is 2. The standard InChI is InChI=1S/C26H31N3O6/c30-15-23-25-21(11-19(34-23)12-24(31)28-14-16-2-1-7-27-13-16)20-10-18(3-4-22(20)35-25)29-26(32)17-5-8-33-9-6-17/h1-4,7,10,13,17,19,21,23,25,30H,5-6,8-9,11-12,14-15H2,(H,28,31)(H,29,32)/t19-,21+,23+,25-/m0/s1. The van der Waals surface area contributed by atoms with E-state index < -0.39 is 6.10 Å². The SMILES string of the molecule is O=C(C[C@@H]1C[C@@H]2c3cc(NC(=O)C4CCOCC4)ccc3O[C@@H]2[C@@H](CO)O1)NCc1cccnc1. The zero-order valence-electron chi connectivity index (χ0n) is 19.5. The summed E-state index contributed by atoms with van der Waals surface area (Å²) in [5, 5.41) is 15.9. The molecule has 0 spiro atoms. The first-order valence-electron chi connectivity index (χ1n) is 12.2. The monoisotopic (exact) mass is 481 g/mol. The van der Waals surface area contributed by atoms with Crippen LogP contribution in [0.4, 0.5) is 5.69 Å². The van der Waals surface area contributed by atoms with Crippen molar-refractivity contribution in [1.29, 1.82) is 0 Å². The molecule has 2 fully saturated rings. The molecule has 2 saturated heterocycles. The van der Waals surface area contributed by atoms with E-state index in [0.717, 1.165) is 35.4 Å². The van der Waals surface area contributed by atoms with E-state index in [0.29, 0.717) is 26.2 Å². The lowest BCUT2D eigenvalue weighted by molar-refractivity contribution is -0.142. The molecule has 3 aliphatic rings. The summed E-state index contributed by atoms with van der Waals surface area (Å²) in [7, 11) is 0. The normalized spacial score (nSPS) is 25.7. The van der Waals surface area contributed by atoms with Crippen LogP contribution in [0.5, 0.6) is 5.75 Å². The summed E-state index contributed by atoms with van der Waals surface area (Å²) in [5.74, 6) is 0.537. The van der Waals surface area contributed by atoms with Crippen molar-refractivity contribution >= 4 is 17.5 Å². The van der Waals surface area contributed by atoms with Crippen LogP contribution in [0.25, 0.3) is 0 Å². The molecule has 9 nitrogen and oxygen atoms in total. The molecule has 0 saturated carbocycles. The lowest BCUT2D eigenvalue weighted by Gasteiger charge is -2.37. The number of rotatable bonds is 7. The van der Waals surface area contributed by atoms with E-state index in [1.54, 1.807) is 12.4 Å². The molecular weight excluding hydrogens is 450 g/mol. The number of pyridine rings is 1. The molecule has 4 heterocycles. The summed E-state index contributed by atoms with van der Waals surface area (Å²) in [5.41, 5.74) is 2.62. The second-order valence-corrected chi connectivity index (χ2v) is 9.37. The van der Waals surface area contributed by atoms with Crippen LogP contribution in [0.2, 0.25) is 0 Å². The second-order valence-electron chi connectivity index (χ2n) is 9.37. The third-order valence-electron chi connectivity index (χ3n) is 6.98. The Morgan fingerprint density at radius 1 is 1.17 bits per heavy atom. The molecule has 3 N–H and O–H groups in total. The van der Waals surface area contributed by atoms with Gasteiger partial charge in [-0.3, -0.25) is 14.6 Å². The van der Waals surface area contributed by atoms with E-state index in [4.69, 9.17) is 14.2 Å². The largest absolute Gasteiger partial charge is 0.487 e. The van der Waals surface area contributed by atoms with Crippen molar-refractivity contribution in [3.63, 3.8) is 0 Å². The molecule has 3 aliphatic heterocycles. The van der Waals surface area contributed by atoms with Crippen molar-refractivity contribution < 1.29 is 28.9 Å². The quantitative estimate of drug-likeness (QED) is 0.554. The first kappa shape index (κ1) is 23.7. The Bertz CT molecular complexity index is 1040. The smallest absolute Gasteiger partial charge is 0.227 e. The van der Waals surface area contributed by atoms with Gasteiger partial charge >= 0.3 is 0 Å². The highest BCUT2D eigenvalue weighted by atomic mass is 16.6. The number of carbonyl (C=O) groups excluding carboxylic acids is 2. The fraction of sp³-hybridized carbons (Fsp3) is 0.500. The van der Waals surface area contributed by atoms with E-state index >= 15 is 0 Å². The van der Waals surface area contributed by atoms with Gasteiger partial charge in [-0.2, -0.15) is 0 Å². The first-order chi connectivity index (χ1) is 17.1. The van der Waals surface area contributed by atoms with Crippen LogP contribution in [0.3, 0.4) is 0 Å². The molecule has 5 rings (SSSR count). The van der Waals surface area contributed by atoms with Gasteiger partial charge in [0.1, 0.15) is 18.0 Å². The molecule has 0 radical (unpaired) electrons. The number of aromatic nitrogens is 1. The fourth-order valence-electron chi connectivity index (χ4n) is 5.15. The van der Waals surface area contributed by atoms with Gasteiger partial charge in [0.2, 0.25) is 11.8 Å². The summed E-state index contributed by atoms with van der Waals surface area (Å²) in [4.78, 5) is 29.3. The Morgan fingerprint density at radius 3 is 2.80 bits per heavy atom. The average Bonchev–Trinajstić information content (AvgIpc) is 3.26. The van der Waals surface area contributed by atoms with E-state index in [-0.39, 0.29) is 48.9 Å². The Kier molecular flexibility index (Phi) is 7.26. The molecule has 4 atom stereocenters. The van der Waals surface area contributed by atoms with E-state index in [1.165, 1.54) is 0 Å². The first-order valence-corrected chi connectivity index (χ1v) is 12.2. The zero-order chi connectivity index (χ0) is 24.2. The topological polar surface area (TPSA) is 119 Å². The molecule has 0 aliphatic carbocycles. The van der Waals surface area contributed by atoms with Gasteiger partial charge in [0.15, 0.2) is 0 Å². The number of anilines is 1. The van der Waals surface area contributed by atoms with Crippen molar-refractivity contribution in [3.8, 4) is 5.75 Å². The Morgan fingerprint density at radius 2 is 2.03 bits per heavy atom. The Hall–Kier alpha value is -3.01. The summed E-state index contributed by atoms with van der Waals surface area (Å²) < 4.78 is 17.5. The third kappa shape index (κ3) is 5.47. The highest BCUT2D eigenvalue weighted by Gasteiger charge is 2.46. The van der Waals surface area contributed by atoms with Gasteiger partial charge in [-0.25, -0.2) is 0 Å². The molecule has 0 unspecified atom stereocenters. The fourth-order valence-corrected chi connectivity index (χ4v) is 5.15. The van der Waals surface area contributed by atoms with Crippen LogP contribution < -0.4 is 15.4 Å². The second kappa shape index (κ2) is 10.7. The number of carbonyl (C=O) groups is 2. The number of amides is 2. The number of nitrogens with zero attached hydrogens (tertiary/aromatic N) is 1. The van der Waals surface area contributed by atoms with Crippen LogP contribution in [-0.4, -0.2) is 60.0 Å². The molecule has 0 bridgehead atoms. The molecule has 2 amide bonds. The van der Waals surface area contributed by atoms with Crippen molar-refractivity contribution in [2.45, 2.75) is 56.5 Å². The van der Waals surface area contributed by atoms with Gasteiger partial charge < -0.3 is 30.0 Å². The minimum atomic E-state index is -0.530. The van der Waals surface area contributed by atoms with Crippen LogP contribution in [-0.2, 0) is 25.6 Å². The van der Waals surface area contributed by atoms with Gasteiger partial charge in [0.25, 0.3) is 0 Å². The predicted molar refractivity (Wildman–Crippen MR) is 127 cm³/mol. The maximum atomic E-state index is 12.7. The maximum absolute atomic E-state index is 12.7. The molecule has 2 aromatic rings. The Balaban J connectivity index is 1.24. The molecule has 1 aromatic heterocycles. The van der Waals surface area contributed by atoms with Gasteiger partial charge in [-0.15, -0.1) is 0 Å². The molecule has 9 heteroatoms. The minimum Gasteiger partial charge on any atom is -0.487 e. The third-order valence-corrected chi connectivity index (χ3v) is 6.98. The van der Waals surface area contributed by atoms with Crippen LogP contribution in [0, 0.1) is 5.92 Å². The minimum absolute atomic E-state index is 0.00657. The van der Waals surface area contributed by atoms with E-state index in [9.17, 15) is 14.7 Å². The molecule has 1 aromatic carbocycles. The average molecular weight is 482 g/mol. The summed E-state index contributed by atoms with van der Waals surface area (Å²) in [6.07, 6.45) is 4.43. The van der Waals surface area contributed by atoms with Gasteiger partial charge in [-0.1, -0.05) is 6.07 Å². The highest BCUT2D eigenvalue weighted by Crippen LogP contribution is 2.47. The number of hydrogen-bond donors (Lipinski definition) is 3.